The maximum absolute atomic E-state index is 12.8. The number of hydrogen-bond donors (Lipinski definition) is 0. The first-order chi connectivity index (χ1) is 8.78. The predicted octanol–water partition coefficient (Wildman–Crippen LogP) is 2.22. The zero-order valence-electron chi connectivity index (χ0n) is 10.5. The number of nitrogens with zero attached hydrogens (tertiary/aromatic N) is 4. The molecule has 0 aromatic carbocycles. The summed E-state index contributed by atoms with van der Waals surface area (Å²) in [5.74, 6) is 1.18. The van der Waals surface area contributed by atoms with Crippen molar-refractivity contribution in [1.82, 2.24) is 14.6 Å². The Morgan fingerprint density at radius 1 is 1.50 bits per heavy atom. The Labute approximate surface area is 105 Å². The first-order valence-electron chi connectivity index (χ1n) is 6.40. The van der Waals surface area contributed by atoms with E-state index in [9.17, 15) is 4.39 Å². The van der Waals surface area contributed by atoms with Crippen LogP contribution in [0.4, 0.5) is 10.2 Å². The van der Waals surface area contributed by atoms with Crippen LogP contribution in [0.5, 0.6) is 0 Å². The fraction of sp³-hybridized carbons (Fsp3) is 0.538. The van der Waals surface area contributed by atoms with Crippen molar-refractivity contribution < 1.29 is 4.39 Å². The van der Waals surface area contributed by atoms with Gasteiger partial charge in [-0.3, -0.25) is 4.39 Å². The van der Waals surface area contributed by atoms with E-state index in [-0.39, 0.29) is 12.6 Å². The Kier molecular flexibility index (Phi) is 2.89. The van der Waals surface area contributed by atoms with Crippen LogP contribution >= 0.6 is 0 Å². The highest BCUT2D eigenvalue weighted by Crippen LogP contribution is 2.24. The van der Waals surface area contributed by atoms with Crippen molar-refractivity contribution >= 4 is 11.5 Å². The number of fused-ring (bicyclic) bond motifs is 1. The number of aryl methyl sites for hydroxylation is 1. The third-order valence-electron chi connectivity index (χ3n) is 3.53. The minimum absolute atomic E-state index is 0.151. The smallest absolute Gasteiger partial charge is 0.157 e. The Balaban J connectivity index is 2.00. The lowest BCUT2D eigenvalue weighted by atomic mass is 9.99. The van der Waals surface area contributed by atoms with Gasteiger partial charge < -0.3 is 4.90 Å². The van der Waals surface area contributed by atoms with E-state index in [0.717, 1.165) is 43.1 Å². The summed E-state index contributed by atoms with van der Waals surface area (Å²) in [5, 5.41) is 4.30. The molecule has 1 fully saturated rings. The highest BCUT2D eigenvalue weighted by atomic mass is 19.1. The Morgan fingerprint density at radius 2 is 2.39 bits per heavy atom. The number of aromatic nitrogens is 3. The second-order valence-corrected chi connectivity index (χ2v) is 4.97. The fourth-order valence-electron chi connectivity index (χ4n) is 2.64. The van der Waals surface area contributed by atoms with E-state index >= 15 is 0 Å². The first-order valence-corrected chi connectivity index (χ1v) is 6.40. The van der Waals surface area contributed by atoms with Crippen LogP contribution in [0.3, 0.4) is 0 Å². The third kappa shape index (κ3) is 1.94. The zero-order chi connectivity index (χ0) is 12.5. The summed E-state index contributed by atoms with van der Waals surface area (Å²) in [5.41, 5.74) is 1.83. The van der Waals surface area contributed by atoms with Gasteiger partial charge in [-0.1, -0.05) is 0 Å². The van der Waals surface area contributed by atoms with E-state index in [4.69, 9.17) is 0 Å². The molecule has 0 spiro atoms. The maximum Gasteiger partial charge on any atom is 0.157 e. The average Bonchev–Trinajstić information content (AvgIpc) is 2.85. The zero-order valence-corrected chi connectivity index (χ0v) is 10.5. The topological polar surface area (TPSA) is 33.4 Å². The fourth-order valence-corrected chi connectivity index (χ4v) is 2.64. The van der Waals surface area contributed by atoms with E-state index in [1.807, 2.05) is 23.6 Å². The molecule has 1 aliphatic rings. The molecule has 0 bridgehead atoms. The molecule has 4 nitrogen and oxygen atoms in total. The molecular weight excluding hydrogens is 231 g/mol. The quantitative estimate of drug-likeness (QED) is 0.817. The van der Waals surface area contributed by atoms with Crippen LogP contribution in [0.2, 0.25) is 0 Å². The summed E-state index contributed by atoms with van der Waals surface area (Å²) >= 11 is 0. The molecule has 3 rings (SSSR count). The lowest BCUT2D eigenvalue weighted by Gasteiger charge is -2.33. The first kappa shape index (κ1) is 11.4. The molecule has 5 heteroatoms. The van der Waals surface area contributed by atoms with Crippen molar-refractivity contribution in [3.63, 3.8) is 0 Å². The molecule has 3 heterocycles. The molecule has 96 valence electrons. The van der Waals surface area contributed by atoms with Crippen molar-refractivity contribution in [2.45, 2.75) is 19.8 Å². The predicted molar refractivity (Wildman–Crippen MR) is 68.6 cm³/mol. The van der Waals surface area contributed by atoms with Gasteiger partial charge in [0.1, 0.15) is 5.82 Å². The summed E-state index contributed by atoms with van der Waals surface area (Å²) in [6.45, 7) is 3.49. The molecule has 0 radical (unpaired) electrons. The summed E-state index contributed by atoms with van der Waals surface area (Å²) < 4.78 is 14.7. The third-order valence-corrected chi connectivity index (χ3v) is 3.53. The molecular formula is C13H17FN4. The number of halogens is 1. The molecule has 2 aromatic rings. The highest BCUT2D eigenvalue weighted by molar-refractivity contribution is 5.50. The average molecular weight is 248 g/mol. The van der Waals surface area contributed by atoms with Crippen LogP contribution in [-0.2, 0) is 0 Å². The monoisotopic (exact) mass is 248 g/mol. The van der Waals surface area contributed by atoms with Gasteiger partial charge in [0.2, 0.25) is 0 Å². The van der Waals surface area contributed by atoms with Gasteiger partial charge in [0.05, 0.1) is 12.9 Å². The van der Waals surface area contributed by atoms with Gasteiger partial charge in [-0.2, -0.15) is 9.61 Å². The number of anilines is 1. The molecule has 0 saturated carbocycles. The minimum atomic E-state index is -0.233. The van der Waals surface area contributed by atoms with Gasteiger partial charge in [0.15, 0.2) is 5.65 Å². The van der Waals surface area contributed by atoms with E-state index in [0.29, 0.717) is 0 Å². The van der Waals surface area contributed by atoms with E-state index in [1.165, 1.54) is 0 Å². The number of hydrogen-bond acceptors (Lipinski definition) is 3. The van der Waals surface area contributed by atoms with Crippen LogP contribution in [0.15, 0.2) is 18.3 Å². The van der Waals surface area contributed by atoms with E-state index in [2.05, 4.69) is 15.0 Å². The van der Waals surface area contributed by atoms with Crippen LogP contribution in [-0.4, -0.2) is 34.4 Å². The van der Waals surface area contributed by atoms with Gasteiger partial charge in [0.25, 0.3) is 0 Å². The van der Waals surface area contributed by atoms with Crippen molar-refractivity contribution in [1.29, 1.82) is 0 Å². The van der Waals surface area contributed by atoms with E-state index in [1.54, 1.807) is 6.20 Å². The highest BCUT2D eigenvalue weighted by Gasteiger charge is 2.22. The van der Waals surface area contributed by atoms with Crippen molar-refractivity contribution in [3.05, 3.63) is 24.0 Å². The minimum Gasteiger partial charge on any atom is -0.356 e. The van der Waals surface area contributed by atoms with Crippen molar-refractivity contribution in [3.8, 4) is 0 Å². The van der Waals surface area contributed by atoms with E-state index < -0.39 is 0 Å². The molecule has 1 atom stereocenters. The van der Waals surface area contributed by atoms with Gasteiger partial charge in [-0.15, -0.1) is 0 Å². The number of piperidine rings is 1. The number of rotatable bonds is 2. The molecule has 1 saturated heterocycles. The van der Waals surface area contributed by atoms with Crippen molar-refractivity contribution in [2.75, 3.05) is 24.7 Å². The molecule has 1 aliphatic heterocycles. The van der Waals surface area contributed by atoms with Gasteiger partial charge in [-0.05, 0) is 19.8 Å². The van der Waals surface area contributed by atoms with Crippen LogP contribution in [0, 0.1) is 12.8 Å². The Hall–Kier alpha value is -1.65. The molecule has 0 N–H and O–H groups in total. The summed E-state index contributed by atoms with van der Waals surface area (Å²) in [6, 6.07) is 3.92. The van der Waals surface area contributed by atoms with Crippen molar-refractivity contribution in [2.24, 2.45) is 5.92 Å². The molecule has 1 unspecified atom stereocenters. The second-order valence-electron chi connectivity index (χ2n) is 4.97. The molecule has 0 aliphatic carbocycles. The van der Waals surface area contributed by atoms with Crippen LogP contribution < -0.4 is 4.90 Å². The lowest BCUT2D eigenvalue weighted by Crippen LogP contribution is -2.37. The molecule has 2 aromatic heterocycles. The van der Waals surface area contributed by atoms with Crippen LogP contribution in [0.25, 0.3) is 5.65 Å². The summed E-state index contributed by atoms with van der Waals surface area (Å²) in [6.07, 6.45) is 3.78. The molecule has 0 amide bonds. The largest absolute Gasteiger partial charge is 0.356 e. The lowest BCUT2D eigenvalue weighted by molar-refractivity contribution is 0.314. The standard InChI is InChI=1S/C13H17FN4/c1-10-7-13(18-12(16-10)4-5-15-18)17-6-2-3-11(8-14)9-17/h4-5,7,11H,2-3,6,8-9H2,1H3. The molecule has 18 heavy (non-hydrogen) atoms. The Morgan fingerprint density at radius 3 is 3.22 bits per heavy atom. The van der Waals surface area contributed by atoms with Gasteiger partial charge in [-0.25, -0.2) is 4.98 Å². The summed E-state index contributed by atoms with van der Waals surface area (Å²) in [7, 11) is 0. The van der Waals surface area contributed by atoms with Gasteiger partial charge in [0, 0.05) is 36.8 Å². The Bertz CT molecular complexity index is 551. The SMILES string of the molecule is Cc1cc(N2CCCC(CF)C2)n2nccc2n1. The second kappa shape index (κ2) is 4.55. The number of alkyl halides is 1. The summed E-state index contributed by atoms with van der Waals surface area (Å²) in [4.78, 5) is 6.65. The van der Waals surface area contributed by atoms with Gasteiger partial charge >= 0.3 is 0 Å². The van der Waals surface area contributed by atoms with Crippen LogP contribution in [0.1, 0.15) is 18.5 Å². The normalized spacial score (nSPS) is 20.6. The maximum atomic E-state index is 12.8.